The van der Waals surface area contributed by atoms with Gasteiger partial charge in [-0.1, -0.05) is 12.1 Å². The Labute approximate surface area is 98.5 Å². The summed E-state index contributed by atoms with van der Waals surface area (Å²) < 4.78 is 12.9. The maximum atomic E-state index is 12.9. The van der Waals surface area contributed by atoms with Gasteiger partial charge in [-0.25, -0.2) is 4.39 Å². The molecule has 0 heterocycles. The summed E-state index contributed by atoms with van der Waals surface area (Å²) in [7, 11) is 0. The molecule has 0 amide bonds. The number of aliphatic hydroxyl groups excluding tert-OH is 2. The molecule has 4 N–H and O–H groups in total. The van der Waals surface area contributed by atoms with E-state index >= 15 is 0 Å². The van der Waals surface area contributed by atoms with Crippen molar-refractivity contribution in [2.24, 2.45) is 5.73 Å². The van der Waals surface area contributed by atoms with Gasteiger partial charge in [0, 0.05) is 17.5 Å². The van der Waals surface area contributed by atoms with E-state index in [4.69, 9.17) is 15.9 Å². The fraction of sp³-hybridized carbons (Fsp3) is 0.455. The molecule has 0 saturated heterocycles. The van der Waals surface area contributed by atoms with Gasteiger partial charge in [0.2, 0.25) is 0 Å². The standard InChI is InChI=1S/C11H16FNO2S/c12-9-3-1-2-8(4-9)11(13)7-16-6-10(15)5-14/h1-4,10-11,14-15H,5-7,13H2. The van der Waals surface area contributed by atoms with Crippen LogP contribution in [0.25, 0.3) is 0 Å². The SMILES string of the molecule is NC(CSCC(O)CO)c1cccc(F)c1. The summed E-state index contributed by atoms with van der Waals surface area (Å²) in [5.74, 6) is 0.716. The molecule has 0 aliphatic rings. The number of thioether (sulfide) groups is 1. The molecule has 0 aliphatic heterocycles. The minimum absolute atomic E-state index is 0.248. The largest absolute Gasteiger partial charge is 0.394 e. The first kappa shape index (κ1) is 13.4. The van der Waals surface area contributed by atoms with E-state index in [1.54, 1.807) is 12.1 Å². The van der Waals surface area contributed by atoms with Crippen LogP contribution in [0.2, 0.25) is 0 Å². The molecule has 0 spiro atoms. The number of nitrogens with two attached hydrogens (primary N) is 1. The van der Waals surface area contributed by atoms with Gasteiger partial charge in [0.15, 0.2) is 0 Å². The molecular formula is C11H16FNO2S. The van der Waals surface area contributed by atoms with E-state index in [9.17, 15) is 4.39 Å². The van der Waals surface area contributed by atoms with Gasteiger partial charge in [0.1, 0.15) is 5.82 Å². The highest BCUT2D eigenvalue weighted by Gasteiger charge is 2.08. The van der Waals surface area contributed by atoms with E-state index in [0.29, 0.717) is 11.5 Å². The molecule has 0 bridgehead atoms. The monoisotopic (exact) mass is 245 g/mol. The van der Waals surface area contributed by atoms with Crippen LogP contribution in [-0.2, 0) is 0 Å². The lowest BCUT2D eigenvalue weighted by molar-refractivity contribution is 0.113. The molecule has 5 heteroatoms. The first-order valence-corrected chi connectivity index (χ1v) is 6.16. The molecule has 1 rings (SSSR count). The average Bonchev–Trinajstić information content (AvgIpc) is 2.28. The van der Waals surface area contributed by atoms with Crippen LogP contribution in [0.3, 0.4) is 0 Å². The van der Waals surface area contributed by atoms with Gasteiger partial charge < -0.3 is 15.9 Å². The highest BCUT2D eigenvalue weighted by molar-refractivity contribution is 7.99. The van der Waals surface area contributed by atoms with Crippen LogP contribution >= 0.6 is 11.8 Å². The second-order valence-corrected chi connectivity index (χ2v) is 4.61. The highest BCUT2D eigenvalue weighted by atomic mass is 32.2. The number of halogens is 1. The van der Waals surface area contributed by atoms with Crippen LogP contribution < -0.4 is 5.73 Å². The van der Waals surface area contributed by atoms with Crippen molar-refractivity contribution in [3.8, 4) is 0 Å². The molecule has 0 fully saturated rings. The summed E-state index contributed by atoms with van der Waals surface area (Å²) in [6.45, 7) is -0.248. The minimum Gasteiger partial charge on any atom is -0.394 e. The third-order valence-electron chi connectivity index (χ3n) is 2.10. The summed E-state index contributed by atoms with van der Waals surface area (Å²) in [5, 5.41) is 17.7. The quantitative estimate of drug-likeness (QED) is 0.697. The van der Waals surface area contributed by atoms with E-state index in [1.807, 2.05) is 0 Å². The number of hydrogen-bond acceptors (Lipinski definition) is 4. The maximum absolute atomic E-state index is 12.9. The summed E-state index contributed by atoms with van der Waals surface area (Å²) in [5.41, 5.74) is 6.60. The molecule has 2 atom stereocenters. The van der Waals surface area contributed by atoms with Gasteiger partial charge in [0.05, 0.1) is 12.7 Å². The van der Waals surface area contributed by atoms with Crippen molar-refractivity contribution in [1.82, 2.24) is 0 Å². The highest BCUT2D eigenvalue weighted by Crippen LogP contribution is 2.17. The van der Waals surface area contributed by atoms with Crippen LogP contribution in [0.1, 0.15) is 11.6 Å². The van der Waals surface area contributed by atoms with Gasteiger partial charge >= 0.3 is 0 Å². The van der Waals surface area contributed by atoms with Crippen molar-refractivity contribution in [2.45, 2.75) is 12.1 Å². The first-order valence-electron chi connectivity index (χ1n) is 5.01. The summed E-state index contributed by atoms with van der Waals surface area (Å²) in [6.07, 6.45) is -0.718. The molecule has 90 valence electrons. The van der Waals surface area contributed by atoms with Gasteiger partial charge in [-0.2, -0.15) is 11.8 Å². The van der Waals surface area contributed by atoms with Crippen molar-refractivity contribution in [1.29, 1.82) is 0 Å². The van der Waals surface area contributed by atoms with E-state index in [-0.39, 0.29) is 18.5 Å². The van der Waals surface area contributed by atoms with E-state index in [0.717, 1.165) is 5.56 Å². The average molecular weight is 245 g/mol. The number of hydrogen-bond donors (Lipinski definition) is 3. The second kappa shape index (κ2) is 6.85. The lowest BCUT2D eigenvalue weighted by atomic mass is 10.1. The number of aliphatic hydroxyl groups is 2. The molecule has 3 nitrogen and oxygen atoms in total. The Kier molecular flexibility index (Phi) is 5.76. The number of rotatable bonds is 6. The summed E-state index contributed by atoms with van der Waals surface area (Å²) >= 11 is 1.44. The minimum atomic E-state index is -0.718. The summed E-state index contributed by atoms with van der Waals surface area (Å²) in [4.78, 5) is 0. The Balaban J connectivity index is 2.38. The molecule has 0 radical (unpaired) electrons. The van der Waals surface area contributed by atoms with Gasteiger partial charge in [-0.15, -0.1) is 0 Å². The van der Waals surface area contributed by atoms with Gasteiger partial charge in [0.25, 0.3) is 0 Å². The van der Waals surface area contributed by atoms with E-state index in [1.165, 1.54) is 23.9 Å². The van der Waals surface area contributed by atoms with E-state index in [2.05, 4.69) is 0 Å². The zero-order valence-corrected chi connectivity index (χ0v) is 9.66. The normalized spacial score (nSPS) is 14.8. The van der Waals surface area contributed by atoms with Crippen molar-refractivity contribution >= 4 is 11.8 Å². The fourth-order valence-corrected chi connectivity index (χ4v) is 2.18. The zero-order chi connectivity index (χ0) is 12.0. The maximum Gasteiger partial charge on any atom is 0.123 e. The molecule has 0 saturated carbocycles. The molecule has 2 unspecified atom stereocenters. The third kappa shape index (κ3) is 4.49. The Hall–Kier alpha value is -0.620. The molecule has 1 aromatic rings. The van der Waals surface area contributed by atoms with Crippen molar-refractivity contribution in [3.05, 3.63) is 35.6 Å². The molecule has 0 aromatic heterocycles. The molecule has 0 aliphatic carbocycles. The van der Waals surface area contributed by atoms with Crippen LogP contribution in [0.5, 0.6) is 0 Å². The Morgan fingerprint density at radius 2 is 2.12 bits per heavy atom. The van der Waals surface area contributed by atoms with Gasteiger partial charge in [-0.3, -0.25) is 0 Å². The molecule has 1 aromatic carbocycles. The summed E-state index contributed by atoms with van der Waals surface area (Å²) in [6, 6.07) is 5.92. The lowest BCUT2D eigenvalue weighted by Gasteiger charge is -2.13. The Morgan fingerprint density at radius 3 is 2.75 bits per heavy atom. The molecular weight excluding hydrogens is 229 g/mol. The van der Waals surface area contributed by atoms with Crippen molar-refractivity contribution < 1.29 is 14.6 Å². The van der Waals surface area contributed by atoms with Crippen molar-refractivity contribution in [2.75, 3.05) is 18.1 Å². The Morgan fingerprint density at radius 1 is 1.38 bits per heavy atom. The Bertz CT molecular complexity index is 325. The number of benzene rings is 1. The smallest absolute Gasteiger partial charge is 0.123 e. The second-order valence-electron chi connectivity index (χ2n) is 3.54. The van der Waals surface area contributed by atoms with Crippen LogP contribution in [0, 0.1) is 5.82 Å². The lowest BCUT2D eigenvalue weighted by Crippen LogP contribution is -2.18. The third-order valence-corrected chi connectivity index (χ3v) is 3.31. The van der Waals surface area contributed by atoms with Crippen LogP contribution in [-0.4, -0.2) is 34.4 Å². The van der Waals surface area contributed by atoms with Crippen LogP contribution in [0.15, 0.2) is 24.3 Å². The predicted molar refractivity (Wildman–Crippen MR) is 63.7 cm³/mol. The predicted octanol–water partition coefficient (Wildman–Crippen LogP) is 0.912. The van der Waals surface area contributed by atoms with Crippen LogP contribution in [0.4, 0.5) is 4.39 Å². The first-order chi connectivity index (χ1) is 7.63. The van der Waals surface area contributed by atoms with Crippen molar-refractivity contribution in [3.63, 3.8) is 0 Å². The fourth-order valence-electron chi connectivity index (χ4n) is 1.22. The topological polar surface area (TPSA) is 66.5 Å². The molecule has 16 heavy (non-hydrogen) atoms. The zero-order valence-electron chi connectivity index (χ0n) is 8.84. The van der Waals surface area contributed by atoms with Gasteiger partial charge in [-0.05, 0) is 17.7 Å². The van der Waals surface area contributed by atoms with E-state index < -0.39 is 6.10 Å².